The van der Waals surface area contributed by atoms with E-state index in [0.717, 1.165) is 0 Å². The lowest BCUT2D eigenvalue weighted by atomic mass is 10.3. The predicted molar refractivity (Wildman–Crippen MR) is 66.9 cm³/mol. The van der Waals surface area contributed by atoms with Gasteiger partial charge < -0.3 is 14.9 Å². The summed E-state index contributed by atoms with van der Waals surface area (Å²) >= 11 is 0. The highest BCUT2D eigenvalue weighted by molar-refractivity contribution is 5.54. The van der Waals surface area contributed by atoms with Crippen LogP contribution in [0.4, 0.5) is 11.4 Å². The van der Waals surface area contributed by atoms with Crippen LogP contribution in [-0.2, 0) is 0 Å². The Hall–Kier alpha value is -2.56. The zero-order valence-corrected chi connectivity index (χ0v) is 9.74. The van der Waals surface area contributed by atoms with Crippen LogP contribution in [0.25, 0.3) is 0 Å². The Morgan fingerprint density at radius 2 is 1.67 bits per heavy atom. The first-order valence-corrected chi connectivity index (χ1v) is 5.27. The molecule has 0 aromatic heterocycles. The van der Waals surface area contributed by atoms with Crippen molar-refractivity contribution in [2.45, 2.75) is 0 Å². The van der Waals surface area contributed by atoms with Gasteiger partial charge in [-0.1, -0.05) is 0 Å². The summed E-state index contributed by atoms with van der Waals surface area (Å²) in [5.41, 5.74) is 0.900. The summed E-state index contributed by atoms with van der Waals surface area (Å²) in [6.07, 6.45) is 0. The number of hydrogen-bond acceptors (Lipinski definition) is 5. The topological polar surface area (TPSA) is 74.4 Å². The van der Waals surface area contributed by atoms with Crippen LogP contribution in [-0.4, -0.2) is 17.3 Å². The largest absolute Gasteiger partial charge is 0.508 e. The minimum atomic E-state index is 0.0262. The van der Waals surface area contributed by atoms with E-state index in [9.17, 15) is 5.11 Å². The van der Waals surface area contributed by atoms with Gasteiger partial charge in [-0.15, -0.1) is 5.11 Å². The maximum absolute atomic E-state index is 9.60. The van der Waals surface area contributed by atoms with Crippen LogP contribution in [0, 0.1) is 0 Å². The molecule has 0 aliphatic rings. The molecule has 92 valence electrons. The summed E-state index contributed by atoms with van der Waals surface area (Å²) in [6.45, 7) is 0. The zero-order valence-electron chi connectivity index (χ0n) is 9.74. The van der Waals surface area contributed by atoms with E-state index in [4.69, 9.17) is 9.84 Å². The summed E-state index contributed by atoms with van der Waals surface area (Å²) in [7, 11) is 1.53. The molecule has 0 saturated heterocycles. The minimum absolute atomic E-state index is 0.0262. The van der Waals surface area contributed by atoms with Crippen molar-refractivity contribution in [1.82, 2.24) is 0 Å². The molecule has 0 aliphatic carbocycles. The Morgan fingerprint density at radius 1 is 0.944 bits per heavy atom. The number of methoxy groups -OCH3 is 1. The summed E-state index contributed by atoms with van der Waals surface area (Å²) in [5, 5.41) is 26.6. The quantitative estimate of drug-likeness (QED) is 0.811. The van der Waals surface area contributed by atoms with Crippen LogP contribution < -0.4 is 4.74 Å². The molecule has 0 amide bonds. The number of rotatable bonds is 3. The molecule has 0 heterocycles. The number of azo groups is 1. The first-order valence-electron chi connectivity index (χ1n) is 5.27. The second-order valence-electron chi connectivity index (χ2n) is 3.57. The van der Waals surface area contributed by atoms with Gasteiger partial charge in [0.15, 0.2) is 0 Å². The molecule has 2 aromatic rings. The van der Waals surface area contributed by atoms with E-state index >= 15 is 0 Å². The van der Waals surface area contributed by atoms with Crippen molar-refractivity contribution < 1.29 is 14.9 Å². The highest BCUT2D eigenvalue weighted by Crippen LogP contribution is 2.31. The van der Waals surface area contributed by atoms with Crippen LogP contribution in [0.1, 0.15) is 0 Å². The van der Waals surface area contributed by atoms with E-state index in [2.05, 4.69) is 10.2 Å². The summed E-state index contributed by atoms with van der Waals surface area (Å²) in [6, 6.07) is 11.0. The minimum Gasteiger partial charge on any atom is -0.508 e. The first kappa shape index (κ1) is 11.9. The van der Waals surface area contributed by atoms with Gasteiger partial charge in [0.05, 0.1) is 12.8 Å². The van der Waals surface area contributed by atoms with E-state index in [-0.39, 0.29) is 11.5 Å². The average molecular weight is 244 g/mol. The van der Waals surface area contributed by atoms with Gasteiger partial charge in [-0.25, -0.2) is 0 Å². The molecule has 0 fully saturated rings. The van der Waals surface area contributed by atoms with Crippen molar-refractivity contribution in [1.29, 1.82) is 0 Å². The molecule has 0 saturated carbocycles. The first-order chi connectivity index (χ1) is 8.69. The smallest absolute Gasteiger partial charge is 0.143 e. The second-order valence-corrected chi connectivity index (χ2v) is 3.57. The lowest BCUT2D eigenvalue weighted by molar-refractivity contribution is 0.412. The fourth-order valence-corrected chi connectivity index (χ4v) is 1.34. The Kier molecular flexibility index (Phi) is 3.43. The maximum atomic E-state index is 9.60. The highest BCUT2D eigenvalue weighted by atomic mass is 16.5. The number of benzene rings is 2. The predicted octanol–water partition coefficient (Wildman–Crippen LogP) is 3.52. The van der Waals surface area contributed by atoms with Crippen LogP contribution in [0.3, 0.4) is 0 Å². The number of ether oxygens (including phenoxy) is 1. The van der Waals surface area contributed by atoms with Crippen molar-refractivity contribution in [3.8, 4) is 17.2 Å². The molecule has 18 heavy (non-hydrogen) atoms. The number of phenolic OH excluding ortho intramolecular Hbond substituents is 2. The third-order valence-corrected chi connectivity index (χ3v) is 2.31. The van der Waals surface area contributed by atoms with Gasteiger partial charge in [-0.2, -0.15) is 5.11 Å². The van der Waals surface area contributed by atoms with Gasteiger partial charge in [-0.3, -0.25) is 0 Å². The molecular weight excluding hydrogens is 232 g/mol. The highest BCUT2D eigenvalue weighted by Gasteiger charge is 2.01. The molecule has 0 unspecified atom stereocenters. The van der Waals surface area contributed by atoms with Crippen LogP contribution in [0.5, 0.6) is 17.2 Å². The number of phenols is 2. The van der Waals surface area contributed by atoms with Crippen molar-refractivity contribution >= 4 is 11.4 Å². The molecule has 0 radical (unpaired) electrons. The van der Waals surface area contributed by atoms with Crippen LogP contribution in [0.2, 0.25) is 0 Å². The molecule has 2 rings (SSSR count). The lowest BCUT2D eigenvalue weighted by Crippen LogP contribution is -1.80. The number of nitrogens with zero attached hydrogens (tertiary/aromatic N) is 2. The molecule has 5 heteroatoms. The van der Waals surface area contributed by atoms with E-state index < -0.39 is 0 Å². The average Bonchev–Trinajstić information content (AvgIpc) is 2.40. The Balaban J connectivity index is 2.25. The van der Waals surface area contributed by atoms with Gasteiger partial charge in [0, 0.05) is 6.07 Å². The molecule has 0 spiro atoms. The van der Waals surface area contributed by atoms with E-state index in [0.29, 0.717) is 17.1 Å². The molecule has 0 atom stereocenters. The van der Waals surface area contributed by atoms with E-state index in [1.807, 2.05) is 0 Å². The van der Waals surface area contributed by atoms with Gasteiger partial charge in [0.2, 0.25) is 0 Å². The van der Waals surface area contributed by atoms with Gasteiger partial charge in [0.1, 0.15) is 22.9 Å². The molecule has 5 nitrogen and oxygen atoms in total. The molecule has 2 aromatic carbocycles. The summed E-state index contributed by atoms with van der Waals surface area (Å²) in [5.74, 6) is 0.781. The Bertz CT molecular complexity index is 565. The fourth-order valence-electron chi connectivity index (χ4n) is 1.34. The SMILES string of the molecule is COc1ccc(O)c(N=Nc2ccc(O)cc2)c1. The van der Waals surface area contributed by atoms with Gasteiger partial charge in [-0.05, 0) is 36.4 Å². The van der Waals surface area contributed by atoms with Crippen molar-refractivity contribution in [2.75, 3.05) is 7.11 Å². The van der Waals surface area contributed by atoms with Crippen LogP contribution in [0.15, 0.2) is 52.7 Å². The fraction of sp³-hybridized carbons (Fsp3) is 0.0769. The molecular formula is C13H12N2O3. The Morgan fingerprint density at radius 3 is 2.33 bits per heavy atom. The van der Waals surface area contributed by atoms with Crippen LogP contribution >= 0.6 is 0 Å². The van der Waals surface area contributed by atoms with E-state index in [1.165, 1.54) is 25.3 Å². The van der Waals surface area contributed by atoms with Gasteiger partial charge in [0.25, 0.3) is 0 Å². The third kappa shape index (κ3) is 2.76. The van der Waals surface area contributed by atoms with Gasteiger partial charge >= 0.3 is 0 Å². The van der Waals surface area contributed by atoms with Crippen molar-refractivity contribution in [2.24, 2.45) is 10.2 Å². The molecule has 0 aliphatic heterocycles. The number of hydrogen-bond donors (Lipinski definition) is 2. The molecule has 2 N–H and O–H groups in total. The third-order valence-electron chi connectivity index (χ3n) is 2.31. The maximum Gasteiger partial charge on any atom is 0.143 e. The van der Waals surface area contributed by atoms with Crippen molar-refractivity contribution in [3.05, 3.63) is 42.5 Å². The van der Waals surface area contributed by atoms with Crippen molar-refractivity contribution in [3.63, 3.8) is 0 Å². The number of aromatic hydroxyl groups is 2. The molecule has 0 bridgehead atoms. The summed E-state index contributed by atoms with van der Waals surface area (Å²) in [4.78, 5) is 0. The lowest BCUT2D eigenvalue weighted by Gasteiger charge is -2.02. The second kappa shape index (κ2) is 5.18. The monoisotopic (exact) mass is 244 g/mol. The normalized spacial score (nSPS) is 10.7. The van der Waals surface area contributed by atoms with E-state index in [1.54, 1.807) is 24.3 Å². The summed E-state index contributed by atoms with van der Waals surface area (Å²) < 4.78 is 5.03. The Labute approximate surface area is 104 Å². The zero-order chi connectivity index (χ0) is 13.0. The standard InChI is InChI=1S/C13H12N2O3/c1-18-11-6-7-13(17)12(8-11)15-14-9-2-4-10(16)5-3-9/h2-8,16-17H,1H3.